The number of hydrogen-bond acceptors (Lipinski definition) is 2. The number of nitrogens with one attached hydrogen (secondary N) is 1. The summed E-state index contributed by atoms with van der Waals surface area (Å²) in [5, 5.41) is 12.0. The fourth-order valence-corrected chi connectivity index (χ4v) is 3.32. The van der Waals surface area contributed by atoms with Crippen LogP contribution in [0.2, 0.25) is 0 Å². The van der Waals surface area contributed by atoms with Gasteiger partial charge in [0, 0.05) is 5.92 Å². The van der Waals surface area contributed by atoms with E-state index in [0.29, 0.717) is 12.3 Å². The van der Waals surface area contributed by atoms with Gasteiger partial charge in [-0.15, -0.1) is 0 Å². The quantitative estimate of drug-likeness (QED) is 0.872. The minimum Gasteiger partial charge on any atom is -0.480 e. The van der Waals surface area contributed by atoms with Gasteiger partial charge in [0.15, 0.2) is 0 Å². The summed E-state index contributed by atoms with van der Waals surface area (Å²) in [6, 6.07) is 7.33. The third kappa shape index (κ3) is 3.09. The number of carbonyl (C=O) groups is 2. The molecule has 1 aromatic rings. The van der Waals surface area contributed by atoms with Crippen LogP contribution in [0.1, 0.15) is 36.8 Å². The molecule has 1 aromatic carbocycles. The number of carbonyl (C=O) groups excluding carboxylic acids is 1. The minimum atomic E-state index is -0.911. The molecule has 0 aliphatic heterocycles. The summed E-state index contributed by atoms with van der Waals surface area (Å²) in [5.74, 6) is -0.679. The topological polar surface area (TPSA) is 66.4 Å². The van der Waals surface area contributed by atoms with E-state index < -0.39 is 12.0 Å². The molecule has 1 unspecified atom stereocenters. The van der Waals surface area contributed by atoms with Gasteiger partial charge in [-0.1, -0.05) is 43.5 Å². The molecule has 2 aliphatic rings. The molecule has 3 rings (SSSR count). The van der Waals surface area contributed by atoms with E-state index in [9.17, 15) is 14.7 Å². The Kier molecular flexibility index (Phi) is 3.95. The molecule has 0 radical (unpaired) electrons. The second-order valence-electron chi connectivity index (χ2n) is 6.31. The maximum atomic E-state index is 12.3. The zero-order chi connectivity index (χ0) is 14.8. The number of amides is 1. The highest BCUT2D eigenvalue weighted by molar-refractivity contribution is 5.85. The molecule has 1 atom stereocenters. The van der Waals surface area contributed by atoms with Crippen LogP contribution in [0.15, 0.2) is 24.3 Å². The zero-order valence-electron chi connectivity index (χ0n) is 12.0. The van der Waals surface area contributed by atoms with E-state index in [1.54, 1.807) is 0 Å². The average molecular weight is 287 g/mol. The van der Waals surface area contributed by atoms with Crippen LogP contribution in [0, 0.1) is 11.8 Å². The number of fused-ring (bicyclic) bond motifs is 1. The van der Waals surface area contributed by atoms with E-state index in [-0.39, 0.29) is 11.8 Å². The highest BCUT2D eigenvalue weighted by Crippen LogP contribution is 2.31. The molecule has 0 spiro atoms. The molecule has 0 aromatic heterocycles. The van der Waals surface area contributed by atoms with Gasteiger partial charge in [0.05, 0.1) is 0 Å². The monoisotopic (exact) mass is 287 g/mol. The van der Waals surface area contributed by atoms with Gasteiger partial charge in [0.1, 0.15) is 6.04 Å². The average Bonchev–Trinajstić information content (AvgIpc) is 2.84. The highest BCUT2D eigenvalue weighted by Gasteiger charge is 2.32. The van der Waals surface area contributed by atoms with Crippen molar-refractivity contribution in [1.82, 2.24) is 5.32 Å². The number of rotatable bonds is 5. The molecular weight excluding hydrogens is 266 g/mol. The van der Waals surface area contributed by atoms with Crippen molar-refractivity contribution < 1.29 is 14.7 Å². The van der Waals surface area contributed by atoms with E-state index in [1.165, 1.54) is 17.5 Å². The zero-order valence-corrected chi connectivity index (χ0v) is 12.0. The van der Waals surface area contributed by atoms with Crippen molar-refractivity contribution >= 4 is 11.9 Å². The summed E-state index contributed by atoms with van der Waals surface area (Å²) in [4.78, 5) is 23.7. The Labute approximate surface area is 124 Å². The van der Waals surface area contributed by atoms with Crippen LogP contribution in [0.4, 0.5) is 0 Å². The maximum absolute atomic E-state index is 12.3. The van der Waals surface area contributed by atoms with Gasteiger partial charge in [-0.2, -0.15) is 0 Å². The molecule has 1 saturated carbocycles. The summed E-state index contributed by atoms with van der Waals surface area (Å²) >= 11 is 0. The van der Waals surface area contributed by atoms with Crippen molar-refractivity contribution in [2.75, 3.05) is 0 Å². The second-order valence-corrected chi connectivity index (χ2v) is 6.31. The first-order valence-corrected chi connectivity index (χ1v) is 7.73. The minimum absolute atomic E-state index is 0.113. The molecule has 1 fully saturated rings. The van der Waals surface area contributed by atoms with Crippen LogP contribution >= 0.6 is 0 Å². The van der Waals surface area contributed by atoms with Crippen LogP contribution in [0.5, 0.6) is 0 Å². The molecule has 4 nitrogen and oxygen atoms in total. The SMILES string of the molecule is O=C(NC(CC1CCC1)C(=O)O)C1Cc2ccccc2C1. The normalized spacial score (nSPS) is 19.6. The molecule has 0 bridgehead atoms. The van der Waals surface area contributed by atoms with E-state index in [0.717, 1.165) is 25.7 Å². The lowest BCUT2D eigenvalue weighted by atomic mass is 9.81. The molecule has 0 saturated heterocycles. The molecule has 0 heterocycles. The van der Waals surface area contributed by atoms with Gasteiger partial charge in [-0.3, -0.25) is 4.79 Å². The number of carboxylic acids is 1. The van der Waals surface area contributed by atoms with Crippen LogP contribution in [-0.2, 0) is 22.4 Å². The van der Waals surface area contributed by atoms with Gasteiger partial charge >= 0.3 is 5.97 Å². The van der Waals surface area contributed by atoms with Crippen LogP contribution in [0.3, 0.4) is 0 Å². The molecule has 4 heteroatoms. The Morgan fingerprint density at radius 3 is 2.29 bits per heavy atom. The van der Waals surface area contributed by atoms with E-state index in [4.69, 9.17) is 0 Å². The summed E-state index contributed by atoms with van der Waals surface area (Å²) in [5.41, 5.74) is 2.42. The summed E-state index contributed by atoms with van der Waals surface area (Å²) < 4.78 is 0. The molecule has 21 heavy (non-hydrogen) atoms. The Morgan fingerprint density at radius 1 is 1.19 bits per heavy atom. The number of carboxylic acid groups (broad SMARTS) is 1. The maximum Gasteiger partial charge on any atom is 0.326 e. The number of benzene rings is 1. The number of hydrogen-bond donors (Lipinski definition) is 2. The first-order valence-electron chi connectivity index (χ1n) is 7.73. The molecule has 2 N–H and O–H groups in total. The van der Waals surface area contributed by atoms with Crippen molar-refractivity contribution in [1.29, 1.82) is 0 Å². The van der Waals surface area contributed by atoms with Crippen molar-refractivity contribution in [3.8, 4) is 0 Å². The lowest BCUT2D eigenvalue weighted by molar-refractivity contribution is -0.143. The van der Waals surface area contributed by atoms with Crippen LogP contribution < -0.4 is 5.32 Å². The third-order valence-electron chi connectivity index (χ3n) is 4.83. The predicted octanol–water partition coefficient (Wildman–Crippen LogP) is 2.16. The smallest absolute Gasteiger partial charge is 0.326 e. The first-order chi connectivity index (χ1) is 10.1. The molecule has 1 amide bonds. The summed E-state index contributed by atoms with van der Waals surface area (Å²) in [6.45, 7) is 0. The van der Waals surface area contributed by atoms with Gasteiger partial charge < -0.3 is 10.4 Å². The van der Waals surface area contributed by atoms with Gasteiger partial charge in [0.25, 0.3) is 0 Å². The van der Waals surface area contributed by atoms with E-state index in [1.807, 2.05) is 24.3 Å². The Morgan fingerprint density at radius 2 is 1.81 bits per heavy atom. The van der Waals surface area contributed by atoms with Gasteiger partial charge in [0.2, 0.25) is 5.91 Å². The van der Waals surface area contributed by atoms with Crippen LogP contribution in [0.25, 0.3) is 0 Å². The fraction of sp³-hybridized carbons (Fsp3) is 0.529. The lowest BCUT2D eigenvalue weighted by Crippen LogP contribution is -2.45. The molecule has 2 aliphatic carbocycles. The molecule has 112 valence electrons. The lowest BCUT2D eigenvalue weighted by Gasteiger charge is -2.28. The summed E-state index contributed by atoms with van der Waals surface area (Å²) in [7, 11) is 0. The molecular formula is C17H21NO3. The third-order valence-corrected chi connectivity index (χ3v) is 4.83. The van der Waals surface area contributed by atoms with Gasteiger partial charge in [-0.25, -0.2) is 4.79 Å². The number of aliphatic carboxylic acids is 1. The van der Waals surface area contributed by atoms with Crippen molar-refractivity contribution in [3.05, 3.63) is 35.4 Å². The highest BCUT2D eigenvalue weighted by atomic mass is 16.4. The Balaban J connectivity index is 1.59. The van der Waals surface area contributed by atoms with Crippen molar-refractivity contribution in [2.24, 2.45) is 11.8 Å². The van der Waals surface area contributed by atoms with Gasteiger partial charge in [-0.05, 0) is 36.3 Å². The Bertz CT molecular complexity index is 526. The summed E-state index contributed by atoms with van der Waals surface area (Å²) in [6.07, 6.45) is 5.38. The fourth-order valence-electron chi connectivity index (χ4n) is 3.32. The second kappa shape index (κ2) is 5.88. The standard InChI is InChI=1S/C17H21NO3/c19-16(14-9-12-6-1-2-7-13(12)10-14)18-15(17(20)21)8-11-4-3-5-11/h1-2,6-7,11,14-15H,3-5,8-10H2,(H,18,19)(H,20,21). The first kappa shape index (κ1) is 14.1. The Hall–Kier alpha value is -1.84. The predicted molar refractivity (Wildman–Crippen MR) is 78.9 cm³/mol. The van der Waals surface area contributed by atoms with E-state index in [2.05, 4.69) is 5.32 Å². The van der Waals surface area contributed by atoms with Crippen molar-refractivity contribution in [2.45, 2.75) is 44.6 Å². The van der Waals surface area contributed by atoms with Crippen molar-refractivity contribution in [3.63, 3.8) is 0 Å². The largest absolute Gasteiger partial charge is 0.480 e. The van der Waals surface area contributed by atoms with E-state index >= 15 is 0 Å². The van der Waals surface area contributed by atoms with Crippen LogP contribution in [-0.4, -0.2) is 23.0 Å².